The number of nitrogens with zero attached hydrogens (tertiary/aromatic N) is 10. The smallest absolute Gasteiger partial charge is 0.312 e. The number of nitro groups is 3. The second-order valence-corrected chi connectivity index (χ2v) is 32.7. The number of aliphatic imine (C=N–C) groups is 5. The number of hydrogen-bond acceptors (Lipinski definition) is 26. The summed E-state index contributed by atoms with van der Waals surface area (Å²) in [6.07, 6.45) is 8.19. The second kappa shape index (κ2) is 42.6. The Kier molecular flexibility index (Phi) is 33.9. The zero-order valence-corrected chi connectivity index (χ0v) is 70.6. The third-order valence-corrected chi connectivity index (χ3v) is 21.2. The van der Waals surface area contributed by atoms with Crippen LogP contribution in [0.15, 0.2) is 241 Å². The maximum atomic E-state index is 12.5. The monoisotopic (exact) mass is 1910 g/mol. The SMILES string of the molecule is CCOc1nnc(NS(=O)(=O)c2ccc(N=Cc3cc(Br)cc([N+](=O)[O-])c3O)cc2)s1.CCc1ccc(C=Nc2ccc(S(N)(=O)=O)cc2)cc1.COc1ccc(C=Nc2ccc(S(N)(=O)=O)cc2)c(OC)c1.O=[N+]([O-])c1cc(Br)cc(C=Nc2cc(Cl)ccc2Cl)c1O.O=[N+]([O-])c1cc(Br)cc(C=Nc2ccc(Cl)cc2Cl)c1O. The molecule has 0 spiro atoms. The number of nitrogens with two attached hydrogens (primary N) is 2. The van der Waals surface area contributed by atoms with Gasteiger partial charge in [0.15, 0.2) is 0 Å². The zero-order chi connectivity index (χ0) is 84.5. The number of methoxy groups -OCH3 is 2. The fourth-order valence-corrected chi connectivity index (χ4v) is 14.0. The van der Waals surface area contributed by atoms with Crippen molar-refractivity contribution in [3.63, 3.8) is 0 Å². The molecule has 0 radical (unpaired) electrons. The fraction of sp³-hybridized carbons (Fsp3) is 0.0822. The molecule has 1 aromatic heterocycles. The van der Waals surface area contributed by atoms with Crippen LogP contribution in [0.1, 0.15) is 47.2 Å². The predicted octanol–water partition coefficient (Wildman–Crippen LogP) is 18.9. The van der Waals surface area contributed by atoms with Gasteiger partial charge >= 0.3 is 17.1 Å². The molecule has 0 saturated heterocycles. The number of nitro benzene ring substituents is 3. The fourth-order valence-electron chi connectivity index (χ4n) is 8.94. The van der Waals surface area contributed by atoms with Gasteiger partial charge in [0.1, 0.15) is 11.5 Å². The van der Waals surface area contributed by atoms with Crippen LogP contribution >= 0.6 is 106 Å². The van der Waals surface area contributed by atoms with Gasteiger partial charge in [0.05, 0.1) is 88.8 Å². The van der Waals surface area contributed by atoms with E-state index in [1.165, 1.54) is 115 Å². The Morgan fingerprint density at radius 2 is 0.913 bits per heavy atom. The molecule has 0 aliphatic rings. The number of aromatic hydroxyl groups is 3. The summed E-state index contributed by atoms with van der Waals surface area (Å²) >= 11 is 33.9. The van der Waals surface area contributed by atoms with Gasteiger partial charge in [-0.2, -0.15) is 0 Å². The van der Waals surface area contributed by atoms with E-state index in [9.17, 15) is 70.9 Å². The average molecular weight is 1920 g/mol. The number of nitrogens with one attached hydrogen (secondary N) is 1. The van der Waals surface area contributed by atoms with Gasteiger partial charge in [-0.1, -0.05) is 130 Å². The van der Waals surface area contributed by atoms with Crippen molar-refractivity contribution in [2.75, 3.05) is 25.5 Å². The van der Waals surface area contributed by atoms with E-state index in [4.69, 9.17) is 70.9 Å². The van der Waals surface area contributed by atoms with Crippen LogP contribution in [0.3, 0.4) is 0 Å². The van der Waals surface area contributed by atoms with Crippen LogP contribution in [0.2, 0.25) is 20.1 Å². The Labute approximate surface area is 706 Å². The summed E-state index contributed by atoms with van der Waals surface area (Å²) in [6.45, 7) is 4.26. The quantitative estimate of drug-likeness (QED) is 0.0197. The maximum Gasteiger partial charge on any atom is 0.312 e. The predicted molar refractivity (Wildman–Crippen MR) is 456 cm³/mol. The van der Waals surface area contributed by atoms with Crippen LogP contribution in [0.4, 0.5) is 50.6 Å². The minimum absolute atomic E-state index is 0.0273. The molecule has 115 heavy (non-hydrogen) atoms. The van der Waals surface area contributed by atoms with Crippen molar-refractivity contribution in [1.29, 1.82) is 0 Å². The number of aromatic nitrogens is 2. The number of benzene rings is 10. The first-order valence-corrected chi connectivity index (χ1v) is 41.4. The largest absolute Gasteiger partial charge is 0.502 e. The lowest BCUT2D eigenvalue weighted by Gasteiger charge is -2.06. The number of rotatable bonds is 23. The van der Waals surface area contributed by atoms with E-state index in [0.717, 1.165) is 28.9 Å². The number of phenols is 3. The number of anilines is 1. The highest BCUT2D eigenvalue weighted by Gasteiger charge is 2.22. The lowest BCUT2D eigenvalue weighted by atomic mass is 10.1. The number of ether oxygens (including phenoxy) is 3. The van der Waals surface area contributed by atoms with Gasteiger partial charge in [-0.3, -0.25) is 60.0 Å². The maximum absolute atomic E-state index is 12.5. The zero-order valence-electron chi connectivity index (χ0n) is 59.6. The first-order valence-electron chi connectivity index (χ1n) is 32.2. The molecule has 598 valence electrons. The first kappa shape index (κ1) is 91.5. The van der Waals surface area contributed by atoms with Crippen LogP contribution < -0.4 is 29.2 Å². The third kappa shape index (κ3) is 28.1. The van der Waals surface area contributed by atoms with Crippen molar-refractivity contribution in [2.45, 2.75) is 35.0 Å². The molecule has 0 aliphatic carbocycles. The molecule has 11 aromatic rings. The number of phenolic OH excluding ortho intramolecular Hbond substituents is 3. The van der Waals surface area contributed by atoms with Gasteiger partial charge in [-0.15, -0.1) is 5.10 Å². The number of hydrogen-bond donors (Lipinski definition) is 6. The summed E-state index contributed by atoms with van der Waals surface area (Å²) in [4.78, 5) is 51.6. The molecule has 8 N–H and O–H groups in total. The standard InChI is InChI=1S/C17H14BrN5O6S2.C15H16N2O4S.C15H16N2O2S.2C13H7BrCl2N2O3/c1-2-29-17-21-20-16(30-17)22-31(27,28)13-5-3-12(4-6-13)19-9-10-7-11(18)8-14(15(10)24)23(25)26;1-20-13-6-3-11(15(9-13)21-2)10-17-12-4-7-14(8-5-12)22(16,18)19;1-2-12-3-5-13(6-4-12)11-17-14-7-9-15(10-8-14)20(16,18)19;14-8-3-7(13(19)12(4-8)18(20)21)6-17-11-2-1-9(15)5-10(11)16;14-8-3-7(13(19)12(4-8)18(20)21)6-17-11-5-9(15)1-2-10(11)16/h3-9,24H,2H2,1H3,(H,20,22);3-10H,1-2H3,(H2,16,18,19);3-11H,2H2,1H3,(H2,16,18,19);2*1-6,19H. The van der Waals surface area contributed by atoms with Gasteiger partial charge in [0.25, 0.3) is 15.2 Å². The van der Waals surface area contributed by atoms with E-state index in [1.54, 1.807) is 100 Å². The van der Waals surface area contributed by atoms with Crippen LogP contribution in [-0.4, -0.2) is 117 Å². The molecule has 31 nitrogen and oxygen atoms in total. The molecular formula is C73H60Br3Cl4N13O18S4. The molecule has 0 aliphatic heterocycles. The summed E-state index contributed by atoms with van der Waals surface area (Å²) in [6, 6.07) is 48.7. The summed E-state index contributed by atoms with van der Waals surface area (Å²) in [5.74, 6) is -0.137. The van der Waals surface area contributed by atoms with Gasteiger partial charge in [-0.25, -0.2) is 35.5 Å². The minimum atomic E-state index is -3.90. The number of primary sulfonamides is 2. The molecule has 0 atom stereocenters. The molecule has 10 aromatic carbocycles. The first-order chi connectivity index (χ1) is 54.4. The highest BCUT2D eigenvalue weighted by molar-refractivity contribution is 9.11. The third-order valence-electron chi connectivity index (χ3n) is 14.6. The number of halogens is 7. The van der Waals surface area contributed by atoms with Crippen molar-refractivity contribution < 1.29 is 69.6 Å². The van der Waals surface area contributed by atoms with Crippen molar-refractivity contribution in [1.82, 2.24) is 10.2 Å². The summed E-state index contributed by atoms with van der Waals surface area (Å²) < 4.78 is 88.8. The van der Waals surface area contributed by atoms with E-state index < -0.39 is 79.2 Å². The molecule has 0 bridgehead atoms. The van der Waals surface area contributed by atoms with E-state index in [0.29, 0.717) is 80.1 Å². The Morgan fingerprint density at radius 1 is 0.487 bits per heavy atom. The van der Waals surface area contributed by atoms with Gasteiger partial charge in [0, 0.05) is 101 Å². The molecule has 42 heteroatoms. The van der Waals surface area contributed by atoms with Crippen molar-refractivity contribution in [3.8, 4) is 33.9 Å². The van der Waals surface area contributed by atoms with Crippen LogP contribution in [0, 0.1) is 30.3 Å². The van der Waals surface area contributed by atoms with E-state index >= 15 is 0 Å². The van der Waals surface area contributed by atoms with Crippen molar-refractivity contribution in [3.05, 3.63) is 285 Å². The molecule has 1 heterocycles. The van der Waals surface area contributed by atoms with Crippen LogP contribution in [-0.2, 0) is 36.5 Å². The lowest BCUT2D eigenvalue weighted by Crippen LogP contribution is -2.12. The highest BCUT2D eigenvalue weighted by Crippen LogP contribution is 2.38. The summed E-state index contributed by atoms with van der Waals surface area (Å²) in [5, 5.41) is 81.9. The molecule has 0 saturated carbocycles. The molecular weight excluding hydrogens is 1860 g/mol. The summed E-state index contributed by atoms with van der Waals surface area (Å²) in [7, 11) is -8.09. The number of sulfonamides is 3. The molecule has 0 fully saturated rings. The highest BCUT2D eigenvalue weighted by atomic mass is 79.9. The number of aryl methyl sites for hydroxylation is 1. The van der Waals surface area contributed by atoms with Gasteiger partial charge in [0.2, 0.25) is 42.4 Å². The molecule has 0 unspecified atom stereocenters. The second-order valence-electron chi connectivity index (χ2n) is 22.5. The van der Waals surface area contributed by atoms with Gasteiger partial charge < -0.3 is 29.5 Å². The lowest BCUT2D eigenvalue weighted by molar-refractivity contribution is -0.386. The Balaban J connectivity index is 0.000000201. The average Bonchev–Trinajstić information content (AvgIpc) is 1.80. The summed E-state index contributed by atoms with van der Waals surface area (Å²) in [5.41, 5.74) is 4.75. The topological polar surface area (TPSA) is 472 Å². The van der Waals surface area contributed by atoms with E-state index in [1.807, 2.05) is 18.2 Å². The van der Waals surface area contributed by atoms with E-state index in [-0.39, 0.29) is 41.7 Å². The van der Waals surface area contributed by atoms with Crippen molar-refractivity contribution in [2.24, 2.45) is 35.2 Å². The van der Waals surface area contributed by atoms with Crippen molar-refractivity contribution >= 4 is 217 Å². The Morgan fingerprint density at radius 3 is 1.34 bits per heavy atom. The Hall–Kier alpha value is -10.7. The van der Waals surface area contributed by atoms with Crippen LogP contribution in [0.25, 0.3) is 0 Å². The van der Waals surface area contributed by atoms with Gasteiger partial charge in [-0.05, 0) is 175 Å². The normalized spacial score (nSPS) is 11.4. The van der Waals surface area contributed by atoms with E-state index in [2.05, 4.69) is 107 Å². The van der Waals surface area contributed by atoms with Crippen LogP contribution in [0.5, 0.6) is 33.9 Å². The Bertz CT molecular complexity index is 5890. The molecule has 0 amide bonds. The molecule has 11 rings (SSSR count). The minimum Gasteiger partial charge on any atom is -0.502 e.